The quantitative estimate of drug-likeness (QED) is 0.575. The van der Waals surface area contributed by atoms with Gasteiger partial charge in [0.2, 0.25) is 9.84 Å². The van der Waals surface area contributed by atoms with E-state index < -0.39 is 14.7 Å². The molecular formula is C10H9NO3S. The predicted molar refractivity (Wildman–Crippen MR) is 54.3 cm³/mol. The first kappa shape index (κ1) is 11.3. The van der Waals surface area contributed by atoms with E-state index in [1.54, 1.807) is 24.3 Å². The number of rotatable bonds is 3. The lowest BCUT2D eigenvalue weighted by Gasteiger charge is -2.01. The van der Waals surface area contributed by atoms with Crippen LogP contribution < -0.4 is 0 Å². The van der Waals surface area contributed by atoms with E-state index in [1.807, 2.05) is 0 Å². The van der Waals surface area contributed by atoms with Crippen molar-refractivity contribution in [2.75, 3.05) is 7.11 Å². The molecule has 0 aliphatic heterocycles. The maximum Gasteiger partial charge on any atom is 0.219 e. The molecule has 15 heavy (non-hydrogen) atoms. The molecule has 0 aliphatic rings. The van der Waals surface area contributed by atoms with E-state index in [2.05, 4.69) is 4.74 Å². The normalized spacial score (nSPS) is 11.9. The average Bonchev–Trinajstić information content (AvgIpc) is 2.27. The number of hydrogen-bond donors (Lipinski definition) is 0. The van der Waals surface area contributed by atoms with Gasteiger partial charge in [0.05, 0.1) is 12.0 Å². The number of methoxy groups -OCH3 is 1. The Morgan fingerprint density at radius 3 is 2.47 bits per heavy atom. The molecule has 0 amide bonds. The molecule has 0 atom stereocenters. The fraction of sp³-hybridized carbons (Fsp3) is 0.100. The second kappa shape index (κ2) is 4.62. The molecule has 0 unspecified atom stereocenters. The smallest absolute Gasteiger partial charge is 0.219 e. The van der Waals surface area contributed by atoms with Gasteiger partial charge in [-0.05, 0) is 12.1 Å². The van der Waals surface area contributed by atoms with Crippen molar-refractivity contribution >= 4 is 9.84 Å². The Morgan fingerprint density at radius 2 is 2.00 bits per heavy atom. The fourth-order valence-corrected chi connectivity index (χ4v) is 2.10. The summed E-state index contributed by atoms with van der Waals surface area (Å²) >= 11 is 0. The van der Waals surface area contributed by atoms with Crippen LogP contribution in [0.2, 0.25) is 0 Å². The van der Waals surface area contributed by atoms with E-state index in [1.165, 1.54) is 19.2 Å². The molecule has 4 nitrogen and oxygen atoms in total. The molecule has 0 spiro atoms. The molecule has 1 aromatic rings. The minimum atomic E-state index is -3.74. The summed E-state index contributed by atoms with van der Waals surface area (Å²) in [5, 5.41) is 8.68. The highest BCUT2D eigenvalue weighted by Gasteiger charge is 2.20. The van der Waals surface area contributed by atoms with Crippen molar-refractivity contribution in [1.82, 2.24) is 0 Å². The van der Waals surface area contributed by atoms with Gasteiger partial charge < -0.3 is 4.74 Å². The van der Waals surface area contributed by atoms with Crippen LogP contribution in [0.4, 0.5) is 0 Å². The zero-order valence-electron chi connectivity index (χ0n) is 8.04. The number of allylic oxidation sites excluding steroid dienone is 1. The maximum atomic E-state index is 11.8. The van der Waals surface area contributed by atoms with Crippen molar-refractivity contribution in [2.24, 2.45) is 0 Å². The van der Waals surface area contributed by atoms with Crippen molar-refractivity contribution in [2.45, 2.75) is 4.90 Å². The Labute approximate surface area is 88.3 Å². The predicted octanol–water partition coefficient (Wildman–Crippen LogP) is 1.47. The van der Waals surface area contributed by atoms with E-state index in [-0.39, 0.29) is 4.90 Å². The zero-order valence-corrected chi connectivity index (χ0v) is 8.86. The highest BCUT2D eigenvalue weighted by Crippen LogP contribution is 2.17. The Bertz CT molecular complexity index is 497. The molecule has 0 bridgehead atoms. The van der Waals surface area contributed by atoms with Gasteiger partial charge in [-0.2, -0.15) is 5.26 Å². The first-order valence-electron chi connectivity index (χ1n) is 4.06. The number of hydrogen-bond acceptors (Lipinski definition) is 4. The van der Waals surface area contributed by atoms with Gasteiger partial charge in [0, 0.05) is 0 Å². The van der Waals surface area contributed by atoms with Crippen molar-refractivity contribution in [3.63, 3.8) is 0 Å². The number of ether oxygens (including phenoxy) is 1. The van der Waals surface area contributed by atoms with Gasteiger partial charge in [-0.1, -0.05) is 18.2 Å². The Morgan fingerprint density at radius 1 is 1.40 bits per heavy atom. The molecule has 0 aliphatic carbocycles. The SMILES string of the molecule is CO/C=C(\C#N)S(=O)(=O)c1ccccc1. The summed E-state index contributed by atoms with van der Waals surface area (Å²) in [6.07, 6.45) is 0.919. The highest BCUT2D eigenvalue weighted by atomic mass is 32.2. The third-order valence-electron chi connectivity index (χ3n) is 1.68. The van der Waals surface area contributed by atoms with Gasteiger partial charge in [0.25, 0.3) is 0 Å². The van der Waals surface area contributed by atoms with Crippen LogP contribution >= 0.6 is 0 Å². The standard InChI is InChI=1S/C10H9NO3S/c1-14-8-10(7-11)15(12,13)9-5-3-2-4-6-9/h2-6,8H,1H3/b10-8+. The lowest BCUT2D eigenvalue weighted by molar-refractivity contribution is 0.337. The Balaban J connectivity index is 3.27. The van der Waals surface area contributed by atoms with E-state index in [4.69, 9.17) is 5.26 Å². The largest absolute Gasteiger partial charge is 0.502 e. The fourth-order valence-electron chi connectivity index (χ4n) is 0.983. The number of benzene rings is 1. The minimum Gasteiger partial charge on any atom is -0.502 e. The molecule has 0 N–H and O–H groups in total. The van der Waals surface area contributed by atoms with Crippen LogP contribution in [0.5, 0.6) is 0 Å². The topological polar surface area (TPSA) is 67.2 Å². The number of nitriles is 1. The monoisotopic (exact) mass is 223 g/mol. The van der Waals surface area contributed by atoms with Crippen LogP contribution in [-0.2, 0) is 14.6 Å². The molecule has 1 aromatic carbocycles. The first-order chi connectivity index (χ1) is 7.12. The zero-order chi connectivity index (χ0) is 11.3. The van der Waals surface area contributed by atoms with Crippen molar-refractivity contribution in [3.8, 4) is 6.07 Å². The summed E-state index contributed by atoms with van der Waals surface area (Å²) in [6, 6.07) is 9.33. The lowest BCUT2D eigenvalue weighted by atomic mass is 10.4. The van der Waals surface area contributed by atoms with Gasteiger partial charge in [-0.15, -0.1) is 0 Å². The summed E-state index contributed by atoms with van der Waals surface area (Å²) in [7, 11) is -2.45. The van der Waals surface area contributed by atoms with E-state index in [9.17, 15) is 8.42 Å². The molecule has 0 heterocycles. The van der Waals surface area contributed by atoms with Crippen LogP contribution in [-0.4, -0.2) is 15.5 Å². The number of nitrogens with zero attached hydrogens (tertiary/aromatic N) is 1. The van der Waals surface area contributed by atoms with Crippen LogP contribution in [0, 0.1) is 11.3 Å². The van der Waals surface area contributed by atoms with Gasteiger partial charge in [0.15, 0.2) is 4.91 Å². The summed E-state index contributed by atoms with van der Waals surface area (Å²) in [5.74, 6) is 0. The van der Waals surface area contributed by atoms with Crippen LogP contribution in [0.1, 0.15) is 0 Å². The van der Waals surface area contributed by atoms with Gasteiger partial charge in [-0.25, -0.2) is 8.42 Å². The highest BCUT2D eigenvalue weighted by molar-refractivity contribution is 7.95. The second-order valence-corrected chi connectivity index (χ2v) is 4.56. The minimum absolute atomic E-state index is 0.0786. The summed E-state index contributed by atoms with van der Waals surface area (Å²) in [4.78, 5) is -0.328. The van der Waals surface area contributed by atoms with Crippen molar-refractivity contribution < 1.29 is 13.2 Å². The molecule has 78 valence electrons. The third kappa shape index (κ3) is 2.36. The molecule has 0 radical (unpaired) electrons. The van der Waals surface area contributed by atoms with Gasteiger partial charge in [0.1, 0.15) is 12.3 Å². The molecule has 5 heteroatoms. The maximum absolute atomic E-state index is 11.8. The van der Waals surface area contributed by atoms with Crippen LogP contribution in [0.25, 0.3) is 0 Å². The molecular weight excluding hydrogens is 214 g/mol. The molecule has 0 saturated carbocycles. The van der Waals surface area contributed by atoms with Gasteiger partial charge in [-0.3, -0.25) is 0 Å². The van der Waals surface area contributed by atoms with Gasteiger partial charge >= 0.3 is 0 Å². The average molecular weight is 223 g/mol. The Kier molecular flexibility index (Phi) is 3.47. The summed E-state index contributed by atoms with van der Waals surface area (Å²) in [6.45, 7) is 0. The van der Waals surface area contributed by atoms with Crippen LogP contribution in [0.15, 0.2) is 46.4 Å². The van der Waals surface area contributed by atoms with E-state index in [0.29, 0.717) is 0 Å². The second-order valence-electron chi connectivity index (χ2n) is 2.65. The summed E-state index contributed by atoms with van der Waals surface area (Å²) in [5.41, 5.74) is 0. The van der Waals surface area contributed by atoms with E-state index >= 15 is 0 Å². The molecule has 0 fully saturated rings. The lowest BCUT2D eigenvalue weighted by Crippen LogP contribution is -2.03. The number of sulfone groups is 1. The molecule has 0 saturated heterocycles. The molecule has 1 rings (SSSR count). The molecule has 0 aromatic heterocycles. The first-order valence-corrected chi connectivity index (χ1v) is 5.54. The van der Waals surface area contributed by atoms with Crippen molar-refractivity contribution in [3.05, 3.63) is 41.5 Å². The Hall–Kier alpha value is -1.80. The summed E-state index contributed by atoms with van der Waals surface area (Å²) < 4.78 is 28.1. The van der Waals surface area contributed by atoms with E-state index in [0.717, 1.165) is 6.26 Å². The van der Waals surface area contributed by atoms with Crippen molar-refractivity contribution in [1.29, 1.82) is 5.26 Å². The third-order valence-corrected chi connectivity index (χ3v) is 3.34. The van der Waals surface area contributed by atoms with Crippen LogP contribution in [0.3, 0.4) is 0 Å².